The first kappa shape index (κ1) is 23.8. The number of alkyl carbamates (subject to hydrolysis) is 1. The minimum absolute atomic E-state index is 0.00394. The fourth-order valence-corrected chi connectivity index (χ4v) is 4.65. The van der Waals surface area contributed by atoms with E-state index in [0.29, 0.717) is 25.3 Å². The summed E-state index contributed by atoms with van der Waals surface area (Å²) < 4.78 is 5.53. The summed E-state index contributed by atoms with van der Waals surface area (Å²) in [5.41, 5.74) is 4.69. The number of ether oxygens (including phenoxy) is 1. The Labute approximate surface area is 199 Å². The van der Waals surface area contributed by atoms with Crippen LogP contribution >= 0.6 is 0 Å². The van der Waals surface area contributed by atoms with E-state index in [-0.39, 0.29) is 30.8 Å². The lowest BCUT2D eigenvalue weighted by molar-refractivity contribution is -0.142. The molecule has 3 N–H and O–H groups in total. The number of benzene rings is 2. The molecular formula is C27H32N2O5. The molecule has 2 amide bonds. The molecule has 0 bridgehead atoms. The molecule has 7 nitrogen and oxygen atoms in total. The van der Waals surface area contributed by atoms with Gasteiger partial charge in [-0.25, -0.2) is 9.59 Å². The van der Waals surface area contributed by atoms with Crippen LogP contribution in [0.5, 0.6) is 0 Å². The van der Waals surface area contributed by atoms with Gasteiger partial charge in [0.25, 0.3) is 0 Å². The van der Waals surface area contributed by atoms with Crippen LogP contribution < -0.4 is 10.6 Å². The van der Waals surface area contributed by atoms with Crippen molar-refractivity contribution in [3.8, 4) is 11.1 Å². The van der Waals surface area contributed by atoms with Crippen molar-refractivity contribution < 1.29 is 24.2 Å². The van der Waals surface area contributed by atoms with E-state index >= 15 is 0 Å². The Kier molecular flexibility index (Phi) is 7.50. The van der Waals surface area contributed by atoms with E-state index in [1.807, 2.05) is 31.2 Å². The van der Waals surface area contributed by atoms with E-state index in [2.05, 4.69) is 34.9 Å². The number of rotatable bonds is 11. The minimum atomic E-state index is -0.982. The van der Waals surface area contributed by atoms with Crippen molar-refractivity contribution in [1.82, 2.24) is 10.6 Å². The zero-order valence-corrected chi connectivity index (χ0v) is 19.5. The van der Waals surface area contributed by atoms with Gasteiger partial charge in [-0.3, -0.25) is 4.79 Å². The number of amides is 2. The Morgan fingerprint density at radius 3 is 2.24 bits per heavy atom. The number of carboxylic acids is 1. The highest BCUT2D eigenvalue weighted by atomic mass is 16.5. The second kappa shape index (κ2) is 10.7. The smallest absolute Gasteiger partial charge is 0.407 e. The van der Waals surface area contributed by atoms with E-state index < -0.39 is 18.1 Å². The number of carbonyl (C=O) groups is 3. The Balaban J connectivity index is 1.18. The standard InChI is InChI=1S/C27H32N2O5/c1-17(14-25(30)29-24(26(31)32)15-18-10-11-18)12-13-28-27(33)34-16-23-21-8-4-2-6-19(21)20-7-3-5-9-22(20)23/h2-9,17-18,23-24H,10-16H2,1H3,(H,28,33)(H,29,30)(H,31,32). The van der Waals surface area contributed by atoms with Crippen molar-refractivity contribution >= 4 is 18.0 Å². The average Bonchev–Trinajstić information content (AvgIpc) is 3.57. The molecule has 2 aliphatic carbocycles. The molecule has 2 atom stereocenters. The normalized spacial score (nSPS) is 16.1. The third kappa shape index (κ3) is 5.95. The van der Waals surface area contributed by atoms with Gasteiger partial charge in [-0.05, 0) is 46.9 Å². The van der Waals surface area contributed by atoms with Gasteiger partial charge in [-0.15, -0.1) is 0 Å². The molecule has 180 valence electrons. The fraction of sp³-hybridized carbons (Fsp3) is 0.444. The quantitative estimate of drug-likeness (QED) is 0.460. The van der Waals surface area contributed by atoms with Gasteiger partial charge < -0.3 is 20.5 Å². The number of carbonyl (C=O) groups excluding carboxylic acids is 2. The zero-order valence-electron chi connectivity index (χ0n) is 19.5. The Bertz CT molecular complexity index is 1000. The largest absolute Gasteiger partial charge is 0.480 e. The molecule has 0 radical (unpaired) electrons. The van der Waals surface area contributed by atoms with Gasteiger partial charge in [0.05, 0.1) is 0 Å². The van der Waals surface area contributed by atoms with Gasteiger partial charge in [0.1, 0.15) is 12.6 Å². The second-order valence-corrected chi connectivity index (χ2v) is 9.49. The highest BCUT2D eigenvalue weighted by Crippen LogP contribution is 2.44. The molecule has 34 heavy (non-hydrogen) atoms. The number of hydrogen-bond donors (Lipinski definition) is 3. The highest BCUT2D eigenvalue weighted by molar-refractivity contribution is 5.83. The first-order valence-electron chi connectivity index (χ1n) is 12.0. The van der Waals surface area contributed by atoms with Crippen LogP contribution in [0.2, 0.25) is 0 Å². The SMILES string of the molecule is CC(CCNC(=O)OCC1c2ccccc2-c2ccccc21)CC(=O)NC(CC1CC1)C(=O)O. The van der Waals surface area contributed by atoms with Crippen LogP contribution in [-0.4, -0.2) is 42.3 Å². The highest BCUT2D eigenvalue weighted by Gasteiger charge is 2.31. The van der Waals surface area contributed by atoms with E-state index in [1.54, 1.807) is 0 Å². The first-order valence-corrected chi connectivity index (χ1v) is 12.0. The second-order valence-electron chi connectivity index (χ2n) is 9.49. The van der Waals surface area contributed by atoms with Crippen molar-refractivity contribution in [2.24, 2.45) is 11.8 Å². The molecule has 1 saturated carbocycles. The Hall–Kier alpha value is -3.35. The zero-order chi connectivity index (χ0) is 24.1. The summed E-state index contributed by atoms with van der Waals surface area (Å²) in [4.78, 5) is 35.9. The molecule has 4 rings (SSSR count). The summed E-state index contributed by atoms with van der Waals surface area (Å²) in [5, 5.41) is 14.7. The topological polar surface area (TPSA) is 105 Å². The Morgan fingerprint density at radius 2 is 1.65 bits per heavy atom. The van der Waals surface area contributed by atoms with Crippen LogP contribution in [0.4, 0.5) is 4.79 Å². The molecule has 7 heteroatoms. The lowest BCUT2D eigenvalue weighted by Gasteiger charge is -2.17. The lowest BCUT2D eigenvalue weighted by Crippen LogP contribution is -2.41. The third-order valence-electron chi connectivity index (χ3n) is 6.68. The molecule has 0 spiro atoms. The molecule has 0 aromatic heterocycles. The van der Waals surface area contributed by atoms with E-state index in [1.165, 1.54) is 11.1 Å². The van der Waals surface area contributed by atoms with Crippen LogP contribution in [-0.2, 0) is 14.3 Å². The van der Waals surface area contributed by atoms with Crippen LogP contribution in [0.1, 0.15) is 56.1 Å². The van der Waals surface area contributed by atoms with Crippen molar-refractivity contribution in [1.29, 1.82) is 0 Å². The molecular weight excluding hydrogens is 432 g/mol. The summed E-state index contributed by atoms with van der Waals surface area (Å²) in [6.45, 7) is 2.56. The van der Waals surface area contributed by atoms with Gasteiger partial charge in [-0.2, -0.15) is 0 Å². The van der Waals surface area contributed by atoms with Crippen LogP contribution in [0.3, 0.4) is 0 Å². The molecule has 0 saturated heterocycles. The maximum Gasteiger partial charge on any atom is 0.407 e. The average molecular weight is 465 g/mol. The fourth-order valence-electron chi connectivity index (χ4n) is 4.65. The molecule has 0 heterocycles. The van der Waals surface area contributed by atoms with E-state index in [9.17, 15) is 19.5 Å². The summed E-state index contributed by atoms with van der Waals surface area (Å²) in [7, 11) is 0. The number of carboxylic acid groups (broad SMARTS) is 1. The molecule has 2 aromatic carbocycles. The van der Waals surface area contributed by atoms with E-state index in [4.69, 9.17) is 4.74 Å². The maximum atomic E-state index is 12.3. The monoisotopic (exact) mass is 464 g/mol. The van der Waals surface area contributed by atoms with Gasteiger partial charge in [0.2, 0.25) is 5.91 Å². The van der Waals surface area contributed by atoms with Crippen LogP contribution in [0.15, 0.2) is 48.5 Å². The van der Waals surface area contributed by atoms with Gasteiger partial charge in [0.15, 0.2) is 0 Å². The van der Waals surface area contributed by atoms with Gasteiger partial charge in [-0.1, -0.05) is 68.3 Å². The van der Waals surface area contributed by atoms with Crippen molar-refractivity contribution in [3.63, 3.8) is 0 Å². The van der Waals surface area contributed by atoms with E-state index in [0.717, 1.165) is 24.0 Å². The summed E-state index contributed by atoms with van der Waals surface area (Å²) >= 11 is 0. The maximum absolute atomic E-state index is 12.3. The molecule has 2 aromatic rings. The molecule has 2 aliphatic rings. The predicted octanol–water partition coefficient (Wildman–Crippen LogP) is 4.31. The number of nitrogens with one attached hydrogen (secondary N) is 2. The minimum Gasteiger partial charge on any atom is -0.480 e. The van der Waals surface area contributed by atoms with Crippen LogP contribution in [0.25, 0.3) is 11.1 Å². The van der Waals surface area contributed by atoms with Crippen LogP contribution in [0, 0.1) is 11.8 Å². The first-order chi connectivity index (χ1) is 16.4. The number of hydrogen-bond acceptors (Lipinski definition) is 4. The van der Waals surface area contributed by atoms with Crippen molar-refractivity contribution in [3.05, 3.63) is 59.7 Å². The summed E-state index contributed by atoms with van der Waals surface area (Å²) in [6, 6.07) is 15.6. The summed E-state index contributed by atoms with van der Waals surface area (Å²) in [6.07, 6.45) is 2.92. The molecule has 1 fully saturated rings. The van der Waals surface area contributed by atoms with Crippen molar-refractivity contribution in [2.45, 2.75) is 51.0 Å². The van der Waals surface area contributed by atoms with Crippen molar-refractivity contribution in [2.75, 3.05) is 13.2 Å². The van der Waals surface area contributed by atoms with Gasteiger partial charge >= 0.3 is 12.1 Å². The molecule has 0 aliphatic heterocycles. The summed E-state index contributed by atoms with van der Waals surface area (Å²) in [5.74, 6) is -0.811. The third-order valence-corrected chi connectivity index (χ3v) is 6.68. The predicted molar refractivity (Wildman–Crippen MR) is 128 cm³/mol. The van der Waals surface area contributed by atoms with Gasteiger partial charge in [0, 0.05) is 18.9 Å². The number of fused-ring (bicyclic) bond motifs is 3. The molecule has 2 unspecified atom stereocenters. The Morgan fingerprint density at radius 1 is 1.03 bits per heavy atom. The number of aliphatic carboxylic acids is 1. The lowest BCUT2D eigenvalue weighted by atomic mass is 9.98.